The van der Waals surface area contributed by atoms with E-state index in [9.17, 15) is 18.4 Å². The fourth-order valence-corrected chi connectivity index (χ4v) is 10.4. The van der Waals surface area contributed by atoms with Gasteiger partial charge in [-0.1, -0.05) is 6.92 Å². The van der Waals surface area contributed by atoms with Gasteiger partial charge in [0.05, 0.1) is 34.5 Å². The SMILES string of the molecule is CCc1cc2c(cc1N1CC(Cn3c(=O)n(C)c4cc(N5CCCc6cc(-c7cnn(C)c7)c(C(F)F)cc65)c(C)cc43)Cc3cc(-c4cnn(C)c4)c(C(F)F)cc31)n(C)c(=O)n2C. The number of aryl methyl sites for hydroxylation is 8. The molecule has 336 valence electrons. The van der Waals surface area contributed by atoms with E-state index in [1.807, 2.05) is 50.2 Å². The first-order valence-electron chi connectivity index (χ1n) is 21.9. The predicted molar refractivity (Wildman–Crippen MR) is 246 cm³/mol. The molecule has 65 heavy (non-hydrogen) atoms. The van der Waals surface area contributed by atoms with Crippen molar-refractivity contribution in [3.8, 4) is 22.3 Å². The van der Waals surface area contributed by atoms with Crippen molar-refractivity contribution >= 4 is 44.8 Å². The smallest absolute Gasteiger partial charge is 0.328 e. The minimum Gasteiger partial charge on any atom is -0.341 e. The molecule has 0 spiro atoms. The van der Waals surface area contributed by atoms with Crippen LogP contribution in [-0.4, -0.2) is 50.9 Å². The molecule has 6 heterocycles. The second-order valence-electron chi connectivity index (χ2n) is 17.8. The Kier molecular flexibility index (Phi) is 10.2. The van der Waals surface area contributed by atoms with E-state index in [1.54, 1.807) is 99.8 Å². The molecule has 0 saturated heterocycles. The Morgan fingerprint density at radius 2 is 1.20 bits per heavy atom. The van der Waals surface area contributed by atoms with Crippen LogP contribution >= 0.6 is 0 Å². The van der Waals surface area contributed by atoms with Crippen LogP contribution < -0.4 is 21.2 Å². The largest absolute Gasteiger partial charge is 0.341 e. The van der Waals surface area contributed by atoms with Gasteiger partial charge in [-0.3, -0.25) is 27.6 Å². The number of halogens is 4. The second kappa shape index (κ2) is 15.7. The summed E-state index contributed by atoms with van der Waals surface area (Å²) in [5.74, 6) is -0.152. The average Bonchev–Trinajstić information content (AvgIpc) is 4.04. The van der Waals surface area contributed by atoms with Crippen LogP contribution in [-0.2, 0) is 61.0 Å². The van der Waals surface area contributed by atoms with Gasteiger partial charge in [-0.2, -0.15) is 10.2 Å². The summed E-state index contributed by atoms with van der Waals surface area (Å²) in [7, 11) is 8.74. The first-order valence-corrected chi connectivity index (χ1v) is 21.9. The zero-order valence-corrected chi connectivity index (χ0v) is 37.4. The summed E-state index contributed by atoms with van der Waals surface area (Å²) in [5, 5.41) is 8.51. The fourth-order valence-electron chi connectivity index (χ4n) is 10.4. The topological polar surface area (TPSA) is 96.0 Å². The van der Waals surface area contributed by atoms with Crippen LogP contribution in [0.15, 0.2) is 82.9 Å². The number of benzene rings is 4. The van der Waals surface area contributed by atoms with Gasteiger partial charge in [-0.05, 0) is 120 Å². The van der Waals surface area contributed by atoms with Gasteiger partial charge in [0.25, 0.3) is 12.9 Å². The zero-order chi connectivity index (χ0) is 45.7. The van der Waals surface area contributed by atoms with Crippen molar-refractivity contribution in [2.24, 2.45) is 41.2 Å². The standard InChI is InChI=1S/C49H50F4N10O2/c1-8-29-16-42-43(59(6)48(64)58(42)5)20-41(29)62-23-28(13-31-15-35(33-22-55-57(4)26-33)37(47(52)53)18-40(31)62)24-63-45-12-27(2)38(19-44(45)60(7)49(63)65)61-11-9-10-30-14-34(32-21-54-56(3)25-32)36(46(50)51)17-39(30)61/h12,14-22,25-26,28,46-47H,8-11,13,23-24H2,1-7H3. The van der Waals surface area contributed by atoms with Crippen LogP contribution in [0.25, 0.3) is 44.3 Å². The van der Waals surface area contributed by atoms with Gasteiger partial charge in [0.2, 0.25) is 0 Å². The molecule has 0 N–H and O–H groups in total. The van der Waals surface area contributed by atoms with Gasteiger partial charge < -0.3 is 9.80 Å². The summed E-state index contributed by atoms with van der Waals surface area (Å²) in [6.45, 7) is 5.40. The molecule has 0 saturated carbocycles. The summed E-state index contributed by atoms with van der Waals surface area (Å²) in [4.78, 5) is 31.7. The summed E-state index contributed by atoms with van der Waals surface area (Å²) in [6.07, 6.45) is 3.93. The maximum absolute atomic E-state index is 15.1. The number of alkyl halides is 4. The van der Waals surface area contributed by atoms with Crippen LogP contribution in [0.1, 0.15) is 59.6 Å². The van der Waals surface area contributed by atoms with Gasteiger partial charge in [0.1, 0.15) is 0 Å². The van der Waals surface area contributed by atoms with Gasteiger partial charge in [-0.25, -0.2) is 27.2 Å². The van der Waals surface area contributed by atoms with Crippen molar-refractivity contribution in [2.45, 2.75) is 58.9 Å². The van der Waals surface area contributed by atoms with Gasteiger partial charge in [0, 0.05) is 112 Å². The normalized spacial score (nSPS) is 15.3. The highest BCUT2D eigenvalue weighted by atomic mass is 19.3. The average molecular weight is 887 g/mol. The Labute approximate surface area is 372 Å². The number of imidazole rings is 2. The van der Waals surface area contributed by atoms with Crippen molar-refractivity contribution in [1.82, 2.24) is 37.8 Å². The molecule has 0 amide bonds. The Morgan fingerprint density at radius 1 is 0.646 bits per heavy atom. The molecule has 2 aliphatic rings. The third kappa shape index (κ3) is 6.87. The number of hydrogen-bond acceptors (Lipinski definition) is 6. The lowest BCUT2D eigenvalue weighted by Crippen LogP contribution is -2.37. The van der Waals surface area contributed by atoms with Crippen LogP contribution in [0.3, 0.4) is 0 Å². The van der Waals surface area contributed by atoms with E-state index in [4.69, 9.17) is 0 Å². The summed E-state index contributed by atoms with van der Waals surface area (Å²) in [6, 6.07) is 15.0. The van der Waals surface area contributed by atoms with Crippen molar-refractivity contribution in [3.05, 3.63) is 128 Å². The molecule has 0 bridgehead atoms. The predicted octanol–water partition coefficient (Wildman–Crippen LogP) is 9.17. The lowest BCUT2D eigenvalue weighted by Gasteiger charge is -2.38. The van der Waals surface area contributed by atoms with Crippen molar-refractivity contribution < 1.29 is 17.6 Å². The Balaban J connectivity index is 1.07. The molecule has 8 aromatic rings. The summed E-state index contributed by atoms with van der Waals surface area (Å²) >= 11 is 0. The molecule has 10 rings (SSSR count). The summed E-state index contributed by atoms with van der Waals surface area (Å²) < 4.78 is 69.5. The van der Waals surface area contributed by atoms with E-state index < -0.39 is 12.9 Å². The minimum absolute atomic E-state index is 0.0548. The Hall–Kier alpha value is -6.84. The third-order valence-electron chi connectivity index (χ3n) is 13.7. The molecule has 1 atom stereocenters. The molecule has 12 nitrogen and oxygen atoms in total. The Bertz CT molecular complexity index is 3330. The maximum Gasteiger partial charge on any atom is 0.328 e. The monoisotopic (exact) mass is 886 g/mol. The molecule has 0 aliphatic carbocycles. The van der Waals surface area contributed by atoms with Crippen molar-refractivity contribution in [2.75, 3.05) is 22.9 Å². The number of nitrogens with zero attached hydrogens (tertiary/aromatic N) is 10. The minimum atomic E-state index is -2.75. The van der Waals surface area contributed by atoms with Crippen LogP contribution in [0, 0.1) is 12.8 Å². The number of anilines is 4. The van der Waals surface area contributed by atoms with Gasteiger partial charge in [0.15, 0.2) is 0 Å². The number of rotatable bonds is 9. The molecule has 0 fully saturated rings. The van der Waals surface area contributed by atoms with Crippen LogP contribution in [0.5, 0.6) is 0 Å². The van der Waals surface area contributed by atoms with E-state index in [0.29, 0.717) is 65.9 Å². The number of fused-ring (bicyclic) bond motifs is 4. The second-order valence-corrected chi connectivity index (χ2v) is 17.8. The fraction of sp³-hybridized carbons (Fsp3) is 0.347. The first-order chi connectivity index (χ1) is 31.1. The molecule has 16 heteroatoms. The molecule has 2 aliphatic heterocycles. The molecule has 1 unspecified atom stereocenters. The highest BCUT2D eigenvalue weighted by molar-refractivity contribution is 5.88. The molecule has 4 aromatic heterocycles. The molecule has 4 aromatic carbocycles. The van der Waals surface area contributed by atoms with E-state index in [1.165, 1.54) is 0 Å². The molecular weight excluding hydrogens is 837 g/mol. The van der Waals surface area contributed by atoms with E-state index >= 15 is 8.78 Å². The Morgan fingerprint density at radius 3 is 1.78 bits per heavy atom. The molecule has 0 radical (unpaired) electrons. The number of aromatic nitrogens is 8. The van der Waals surface area contributed by atoms with Gasteiger partial charge in [-0.15, -0.1) is 0 Å². The van der Waals surface area contributed by atoms with Crippen molar-refractivity contribution in [1.29, 1.82) is 0 Å². The van der Waals surface area contributed by atoms with Gasteiger partial charge >= 0.3 is 11.4 Å². The first kappa shape index (κ1) is 42.1. The third-order valence-corrected chi connectivity index (χ3v) is 13.7. The number of hydrogen-bond donors (Lipinski definition) is 0. The lowest BCUT2D eigenvalue weighted by molar-refractivity contribution is 0.151. The highest BCUT2D eigenvalue weighted by Gasteiger charge is 2.33. The van der Waals surface area contributed by atoms with Crippen molar-refractivity contribution in [3.63, 3.8) is 0 Å². The van der Waals surface area contributed by atoms with Crippen LogP contribution in [0.4, 0.5) is 40.3 Å². The zero-order valence-electron chi connectivity index (χ0n) is 37.4. The van der Waals surface area contributed by atoms with E-state index in [0.717, 1.165) is 68.7 Å². The summed E-state index contributed by atoms with van der Waals surface area (Å²) in [5.41, 5.74) is 11.3. The maximum atomic E-state index is 15.1. The lowest BCUT2D eigenvalue weighted by atomic mass is 9.87. The molecular formula is C49H50F4N10O2. The van der Waals surface area contributed by atoms with E-state index in [2.05, 4.69) is 20.0 Å². The highest BCUT2D eigenvalue weighted by Crippen LogP contribution is 2.46. The quantitative estimate of drug-likeness (QED) is 0.134. The van der Waals surface area contributed by atoms with Crippen LogP contribution in [0.2, 0.25) is 0 Å². The van der Waals surface area contributed by atoms with E-state index in [-0.39, 0.29) is 28.4 Å².